The lowest BCUT2D eigenvalue weighted by molar-refractivity contribution is 0.0927. The molecule has 1 aromatic heterocycles. The highest BCUT2D eigenvalue weighted by atomic mass is 16.2. The van der Waals surface area contributed by atoms with Crippen molar-refractivity contribution in [3.05, 3.63) is 53.1 Å². The van der Waals surface area contributed by atoms with Gasteiger partial charge in [-0.05, 0) is 36.8 Å². The van der Waals surface area contributed by atoms with Gasteiger partial charge in [-0.3, -0.25) is 9.59 Å². The van der Waals surface area contributed by atoms with Crippen molar-refractivity contribution in [2.75, 3.05) is 0 Å². The Labute approximate surface area is 134 Å². The van der Waals surface area contributed by atoms with Gasteiger partial charge in [0.15, 0.2) is 5.78 Å². The third kappa shape index (κ3) is 2.46. The van der Waals surface area contributed by atoms with E-state index in [9.17, 15) is 9.59 Å². The molecule has 0 unspecified atom stereocenters. The molecule has 0 aliphatic heterocycles. The Hall–Kier alpha value is -2.43. The van der Waals surface area contributed by atoms with Gasteiger partial charge in [0.25, 0.3) is 5.91 Å². The van der Waals surface area contributed by atoms with Gasteiger partial charge in [-0.1, -0.05) is 12.1 Å². The van der Waals surface area contributed by atoms with E-state index in [1.807, 2.05) is 29.9 Å². The van der Waals surface area contributed by atoms with Crippen molar-refractivity contribution in [1.82, 2.24) is 14.9 Å². The summed E-state index contributed by atoms with van der Waals surface area (Å²) in [4.78, 5) is 29.1. The summed E-state index contributed by atoms with van der Waals surface area (Å²) in [6.45, 7) is 0. The van der Waals surface area contributed by atoms with Crippen LogP contribution in [0.3, 0.4) is 0 Å². The standard InChI is InChI=1S/C18H19N3O2/c1-21-10-9-19-17(21)16(11-5-6-11)20-18(23)14-4-2-3-13-12(14)7-8-15(13)22/h2-4,9-11,16H,5-8H2,1H3,(H,20,23)/t16-/m1/s1. The highest BCUT2D eigenvalue weighted by Gasteiger charge is 2.36. The van der Waals surface area contributed by atoms with E-state index in [4.69, 9.17) is 0 Å². The molecule has 0 spiro atoms. The molecule has 23 heavy (non-hydrogen) atoms. The molecule has 4 rings (SSSR count). The topological polar surface area (TPSA) is 64.0 Å². The molecule has 118 valence electrons. The fourth-order valence-electron chi connectivity index (χ4n) is 3.42. The maximum Gasteiger partial charge on any atom is 0.252 e. The second-order valence-electron chi connectivity index (χ2n) is 6.44. The minimum Gasteiger partial charge on any atom is -0.342 e. The Morgan fingerprint density at radius 1 is 1.35 bits per heavy atom. The van der Waals surface area contributed by atoms with Crippen LogP contribution < -0.4 is 5.32 Å². The summed E-state index contributed by atoms with van der Waals surface area (Å²) >= 11 is 0. The Morgan fingerprint density at radius 2 is 2.17 bits per heavy atom. The van der Waals surface area contributed by atoms with E-state index in [0.717, 1.165) is 24.2 Å². The lowest BCUT2D eigenvalue weighted by atomic mass is 10.0. The van der Waals surface area contributed by atoms with Crippen LogP contribution in [0.25, 0.3) is 0 Å². The number of imidazole rings is 1. The fourth-order valence-corrected chi connectivity index (χ4v) is 3.42. The van der Waals surface area contributed by atoms with Crippen molar-refractivity contribution in [2.45, 2.75) is 31.7 Å². The van der Waals surface area contributed by atoms with Crippen LogP contribution in [-0.2, 0) is 13.5 Å². The molecular weight excluding hydrogens is 290 g/mol. The van der Waals surface area contributed by atoms with Gasteiger partial charge in [-0.25, -0.2) is 4.98 Å². The predicted molar refractivity (Wildman–Crippen MR) is 85.2 cm³/mol. The van der Waals surface area contributed by atoms with Crippen LogP contribution >= 0.6 is 0 Å². The summed E-state index contributed by atoms with van der Waals surface area (Å²) in [7, 11) is 1.95. The van der Waals surface area contributed by atoms with Crippen molar-refractivity contribution >= 4 is 11.7 Å². The molecule has 1 saturated carbocycles. The van der Waals surface area contributed by atoms with Gasteiger partial charge in [0.1, 0.15) is 5.82 Å². The summed E-state index contributed by atoms with van der Waals surface area (Å²) in [5.41, 5.74) is 2.23. The summed E-state index contributed by atoms with van der Waals surface area (Å²) in [5, 5.41) is 3.15. The second-order valence-corrected chi connectivity index (χ2v) is 6.44. The molecule has 1 aromatic carbocycles. The third-order valence-corrected chi connectivity index (χ3v) is 4.84. The highest BCUT2D eigenvalue weighted by molar-refractivity contribution is 6.05. The number of nitrogens with one attached hydrogen (secondary N) is 1. The zero-order valence-corrected chi connectivity index (χ0v) is 13.1. The number of carbonyl (C=O) groups excluding carboxylic acids is 2. The van der Waals surface area contributed by atoms with Gasteiger partial charge in [0.05, 0.1) is 6.04 Å². The van der Waals surface area contributed by atoms with Crippen LogP contribution in [0.1, 0.15) is 57.4 Å². The molecule has 2 aromatic rings. The van der Waals surface area contributed by atoms with Gasteiger partial charge in [0.2, 0.25) is 0 Å². The fraction of sp³-hybridized carbons (Fsp3) is 0.389. The van der Waals surface area contributed by atoms with E-state index >= 15 is 0 Å². The number of amides is 1. The summed E-state index contributed by atoms with van der Waals surface area (Å²) in [6.07, 6.45) is 7.05. The molecule has 1 atom stereocenters. The minimum atomic E-state index is -0.101. The van der Waals surface area contributed by atoms with Crippen LogP contribution in [0, 0.1) is 5.92 Å². The number of benzene rings is 1. The Kier molecular flexibility index (Phi) is 3.29. The molecule has 0 bridgehead atoms. The number of rotatable bonds is 4. The van der Waals surface area contributed by atoms with Gasteiger partial charge in [0, 0.05) is 37.0 Å². The van der Waals surface area contributed by atoms with Crippen molar-refractivity contribution in [3.8, 4) is 0 Å². The number of Topliss-reactive ketones (excluding diaryl/α,β-unsaturated/α-hetero) is 1. The molecule has 1 N–H and O–H groups in total. The first kappa shape index (κ1) is 14.2. The smallest absolute Gasteiger partial charge is 0.252 e. The van der Waals surface area contributed by atoms with E-state index < -0.39 is 0 Å². The molecule has 5 nitrogen and oxygen atoms in total. The lowest BCUT2D eigenvalue weighted by Crippen LogP contribution is -2.32. The van der Waals surface area contributed by atoms with Gasteiger partial charge in [-0.2, -0.15) is 0 Å². The summed E-state index contributed by atoms with van der Waals surface area (Å²) in [6, 6.07) is 5.37. The molecule has 0 radical (unpaired) electrons. The van der Waals surface area contributed by atoms with Crippen LogP contribution in [0.5, 0.6) is 0 Å². The molecule has 0 saturated heterocycles. The maximum absolute atomic E-state index is 12.8. The summed E-state index contributed by atoms with van der Waals surface area (Å²) in [5.74, 6) is 1.39. The van der Waals surface area contributed by atoms with Gasteiger partial charge in [-0.15, -0.1) is 0 Å². The quantitative estimate of drug-likeness (QED) is 0.943. The molecular formula is C18H19N3O2. The van der Waals surface area contributed by atoms with Crippen molar-refractivity contribution < 1.29 is 9.59 Å². The molecule has 1 amide bonds. The molecule has 2 aliphatic carbocycles. The van der Waals surface area contributed by atoms with Crippen molar-refractivity contribution in [2.24, 2.45) is 13.0 Å². The maximum atomic E-state index is 12.8. The lowest BCUT2D eigenvalue weighted by Gasteiger charge is -2.19. The SMILES string of the molecule is Cn1ccnc1[C@H](NC(=O)c1cccc2c1CCC2=O)C1CC1. The average molecular weight is 309 g/mol. The van der Waals surface area contributed by atoms with Crippen LogP contribution in [0.15, 0.2) is 30.6 Å². The number of ketones is 1. The number of carbonyl (C=O) groups is 2. The van der Waals surface area contributed by atoms with E-state index in [1.165, 1.54) is 0 Å². The Morgan fingerprint density at radius 3 is 2.87 bits per heavy atom. The van der Waals surface area contributed by atoms with Crippen molar-refractivity contribution in [3.63, 3.8) is 0 Å². The largest absolute Gasteiger partial charge is 0.342 e. The van der Waals surface area contributed by atoms with Gasteiger partial charge < -0.3 is 9.88 Å². The highest BCUT2D eigenvalue weighted by Crippen LogP contribution is 2.40. The van der Waals surface area contributed by atoms with Gasteiger partial charge >= 0.3 is 0 Å². The van der Waals surface area contributed by atoms with Crippen molar-refractivity contribution in [1.29, 1.82) is 0 Å². The number of hydrogen-bond acceptors (Lipinski definition) is 3. The normalized spacial score (nSPS) is 17.9. The molecule has 1 heterocycles. The number of aryl methyl sites for hydroxylation is 1. The van der Waals surface area contributed by atoms with E-state index in [2.05, 4.69) is 10.3 Å². The molecule has 2 aliphatic rings. The Balaban J connectivity index is 1.63. The molecule has 5 heteroatoms. The number of fused-ring (bicyclic) bond motifs is 1. The van der Waals surface area contributed by atoms with Crippen LogP contribution in [-0.4, -0.2) is 21.2 Å². The molecule has 1 fully saturated rings. The number of nitrogens with zero attached hydrogens (tertiary/aromatic N) is 2. The van der Waals surface area contributed by atoms with E-state index in [1.54, 1.807) is 12.3 Å². The van der Waals surface area contributed by atoms with E-state index in [-0.39, 0.29) is 17.7 Å². The monoisotopic (exact) mass is 309 g/mol. The van der Waals surface area contributed by atoms with E-state index in [0.29, 0.717) is 29.9 Å². The Bertz CT molecular complexity index is 789. The predicted octanol–water partition coefficient (Wildman–Crippen LogP) is 2.43. The second kappa shape index (κ2) is 5.33. The summed E-state index contributed by atoms with van der Waals surface area (Å²) < 4.78 is 1.96. The first-order chi connectivity index (χ1) is 11.1. The first-order valence-electron chi connectivity index (χ1n) is 8.08. The van der Waals surface area contributed by atoms with Crippen LogP contribution in [0.4, 0.5) is 0 Å². The average Bonchev–Trinajstić information content (AvgIpc) is 3.21. The minimum absolute atomic E-state index is 0.0598. The van der Waals surface area contributed by atoms with Crippen LogP contribution in [0.2, 0.25) is 0 Å². The number of aromatic nitrogens is 2. The zero-order valence-electron chi connectivity index (χ0n) is 13.1. The number of hydrogen-bond donors (Lipinski definition) is 1. The third-order valence-electron chi connectivity index (χ3n) is 4.84. The first-order valence-corrected chi connectivity index (χ1v) is 8.08. The zero-order chi connectivity index (χ0) is 16.0.